The van der Waals surface area contributed by atoms with Crippen LogP contribution in [0.1, 0.15) is 48.7 Å². The van der Waals surface area contributed by atoms with Crippen LogP contribution in [0.25, 0.3) is 0 Å². The summed E-state index contributed by atoms with van der Waals surface area (Å²) < 4.78 is 5.25. The minimum atomic E-state index is -1.03. The van der Waals surface area contributed by atoms with Gasteiger partial charge < -0.3 is 15.2 Å². The Hall–Kier alpha value is -2.04. The Balaban J connectivity index is 2.97. The molecule has 1 aromatic rings. The number of aryl methyl sites for hydroxylation is 2. The number of benzene rings is 1. The first kappa shape index (κ1) is 17.0. The second kappa shape index (κ2) is 6.61. The first-order chi connectivity index (χ1) is 9.66. The summed E-state index contributed by atoms with van der Waals surface area (Å²) in [6.07, 6.45) is 0.830. The van der Waals surface area contributed by atoms with Crippen molar-refractivity contribution in [2.75, 3.05) is 6.61 Å². The molecule has 1 amide bonds. The average Bonchev–Trinajstić information content (AvgIpc) is 2.36. The summed E-state index contributed by atoms with van der Waals surface area (Å²) in [4.78, 5) is 22.8. The molecule has 0 atom stereocenters. The minimum absolute atomic E-state index is 0.141. The molecule has 21 heavy (non-hydrogen) atoms. The van der Waals surface area contributed by atoms with Crippen molar-refractivity contribution in [1.82, 2.24) is 5.32 Å². The summed E-state index contributed by atoms with van der Waals surface area (Å²) in [5.41, 5.74) is 1.78. The quantitative estimate of drug-likeness (QED) is 0.845. The van der Waals surface area contributed by atoms with Gasteiger partial charge in [-0.15, -0.1) is 0 Å². The highest BCUT2D eigenvalue weighted by Crippen LogP contribution is 2.25. The molecule has 0 unspecified atom stereocenters. The maximum atomic E-state index is 12.3. The number of ether oxygens (including phenoxy) is 1. The van der Waals surface area contributed by atoms with Crippen molar-refractivity contribution in [1.29, 1.82) is 0 Å². The third-order valence-electron chi connectivity index (χ3n) is 3.40. The molecule has 0 aliphatic rings. The molecule has 0 aromatic heterocycles. The number of aliphatic carboxylic acids is 1. The van der Waals surface area contributed by atoms with Crippen molar-refractivity contribution < 1.29 is 19.4 Å². The molecule has 0 aliphatic heterocycles. The Morgan fingerprint density at radius 3 is 2.19 bits per heavy atom. The number of carboxylic acid groups (broad SMARTS) is 1. The number of hydrogen-bond acceptors (Lipinski definition) is 3. The van der Waals surface area contributed by atoms with Crippen LogP contribution in [0.2, 0.25) is 0 Å². The van der Waals surface area contributed by atoms with E-state index < -0.39 is 12.6 Å². The molecular weight excluding hydrogens is 270 g/mol. The summed E-state index contributed by atoms with van der Waals surface area (Å²) in [5, 5.41) is 11.6. The molecule has 0 bridgehead atoms. The van der Waals surface area contributed by atoms with Gasteiger partial charge in [-0.2, -0.15) is 0 Å². The topological polar surface area (TPSA) is 75.6 Å². The molecule has 2 N–H and O–H groups in total. The van der Waals surface area contributed by atoms with Crippen LogP contribution in [0.15, 0.2) is 12.1 Å². The molecule has 5 heteroatoms. The predicted octanol–water partition coefficient (Wildman–Crippen LogP) is 2.69. The molecule has 0 saturated heterocycles. The smallest absolute Gasteiger partial charge is 0.341 e. The lowest BCUT2D eigenvalue weighted by Gasteiger charge is -2.25. The van der Waals surface area contributed by atoms with Crippen molar-refractivity contribution in [3.8, 4) is 5.75 Å². The molecule has 0 spiro atoms. The lowest BCUT2D eigenvalue weighted by atomic mass is 10.00. The third-order valence-corrected chi connectivity index (χ3v) is 3.40. The number of carbonyl (C=O) groups is 2. The van der Waals surface area contributed by atoms with Crippen molar-refractivity contribution in [3.63, 3.8) is 0 Å². The third kappa shape index (κ3) is 4.77. The maximum absolute atomic E-state index is 12.3. The van der Waals surface area contributed by atoms with Crippen LogP contribution in [0.3, 0.4) is 0 Å². The fourth-order valence-electron chi connectivity index (χ4n) is 1.91. The monoisotopic (exact) mass is 293 g/mol. The summed E-state index contributed by atoms with van der Waals surface area (Å²) in [7, 11) is 0. The first-order valence-corrected chi connectivity index (χ1v) is 6.94. The van der Waals surface area contributed by atoms with Gasteiger partial charge in [-0.25, -0.2) is 4.79 Å². The number of amides is 1. The zero-order valence-electron chi connectivity index (χ0n) is 13.2. The van der Waals surface area contributed by atoms with Gasteiger partial charge in [-0.05, 0) is 57.4 Å². The van der Waals surface area contributed by atoms with Crippen LogP contribution in [0.5, 0.6) is 5.75 Å². The number of rotatable bonds is 6. The number of carbonyl (C=O) groups excluding carboxylic acids is 1. The van der Waals surface area contributed by atoms with Gasteiger partial charge in [-0.3, -0.25) is 4.79 Å². The van der Waals surface area contributed by atoms with Gasteiger partial charge in [-0.1, -0.05) is 6.92 Å². The van der Waals surface area contributed by atoms with E-state index >= 15 is 0 Å². The minimum Gasteiger partial charge on any atom is -0.481 e. The van der Waals surface area contributed by atoms with Gasteiger partial charge >= 0.3 is 5.97 Å². The highest BCUT2D eigenvalue weighted by molar-refractivity contribution is 5.95. The van der Waals surface area contributed by atoms with E-state index in [9.17, 15) is 9.59 Å². The number of carboxylic acids is 1. The zero-order valence-corrected chi connectivity index (χ0v) is 13.2. The van der Waals surface area contributed by atoms with Crippen LogP contribution in [0, 0.1) is 13.8 Å². The molecule has 0 radical (unpaired) electrons. The Morgan fingerprint density at radius 2 is 1.76 bits per heavy atom. The molecular formula is C16H23NO4. The molecule has 0 heterocycles. The molecule has 5 nitrogen and oxygen atoms in total. The second-order valence-corrected chi connectivity index (χ2v) is 5.81. The Labute approximate surface area is 125 Å². The molecule has 116 valence electrons. The summed E-state index contributed by atoms with van der Waals surface area (Å²) in [6, 6.07) is 3.43. The van der Waals surface area contributed by atoms with Gasteiger partial charge in [0.25, 0.3) is 5.91 Å². The SMILES string of the molecule is CCC(C)(C)NC(=O)c1cc(C)c(OCC(=O)O)c(C)c1. The highest BCUT2D eigenvalue weighted by Gasteiger charge is 2.20. The molecule has 1 rings (SSSR count). The van der Waals surface area contributed by atoms with E-state index in [1.54, 1.807) is 26.0 Å². The van der Waals surface area contributed by atoms with Gasteiger partial charge in [0.1, 0.15) is 5.75 Å². The van der Waals surface area contributed by atoms with Crippen molar-refractivity contribution in [2.24, 2.45) is 0 Å². The van der Waals surface area contributed by atoms with E-state index in [0.717, 1.165) is 17.5 Å². The fourth-order valence-corrected chi connectivity index (χ4v) is 1.91. The van der Waals surface area contributed by atoms with E-state index in [4.69, 9.17) is 9.84 Å². The van der Waals surface area contributed by atoms with E-state index in [-0.39, 0.29) is 11.4 Å². The number of hydrogen-bond donors (Lipinski definition) is 2. The van der Waals surface area contributed by atoms with Gasteiger partial charge in [0.2, 0.25) is 0 Å². The lowest BCUT2D eigenvalue weighted by Crippen LogP contribution is -2.42. The second-order valence-electron chi connectivity index (χ2n) is 5.81. The predicted molar refractivity (Wildman–Crippen MR) is 80.9 cm³/mol. The largest absolute Gasteiger partial charge is 0.481 e. The van der Waals surface area contributed by atoms with Crippen LogP contribution < -0.4 is 10.1 Å². The Bertz CT molecular complexity index is 526. The molecule has 0 fully saturated rings. The molecule has 0 aliphatic carbocycles. The van der Waals surface area contributed by atoms with E-state index in [0.29, 0.717) is 11.3 Å². The van der Waals surface area contributed by atoms with E-state index in [2.05, 4.69) is 5.32 Å². The van der Waals surface area contributed by atoms with E-state index in [1.807, 2.05) is 20.8 Å². The zero-order chi connectivity index (χ0) is 16.2. The highest BCUT2D eigenvalue weighted by atomic mass is 16.5. The van der Waals surface area contributed by atoms with Crippen LogP contribution in [0.4, 0.5) is 0 Å². The maximum Gasteiger partial charge on any atom is 0.341 e. The number of nitrogens with one attached hydrogen (secondary N) is 1. The summed E-state index contributed by atoms with van der Waals surface area (Å²) >= 11 is 0. The summed E-state index contributed by atoms with van der Waals surface area (Å²) in [5.74, 6) is -0.651. The van der Waals surface area contributed by atoms with Gasteiger partial charge in [0.15, 0.2) is 6.61 Å². The van der Waals surface area contributed by atoms with Crippen molar-refractivity contribution in [3.05, 3.63) is 28.8 Å². The molecule has 0 saturated carbocycles. The van der Waals surface area contributed by atoms with Crippen molar-refractivity contribution >= 4 is 11.9 Å². The summed E-state index contributed by atoms with van der Waals surface area (Å²) in [6.45, 7) is 9.15. The molecule has 1 aromatic carbocycles. The van der Waals surface area contributed by atoms with Crippen LogP contribution in [-0.2, 0) is 4.79 Å². The van der Waals surface area contributed by atoms with Crippen LogP contribution in [-0.4, -0.2) is 29.1 Å². The Morgan fingerprint density at radius 1 is 1.24 bits per heavy atom. The van der Waals surface area contributed by atoms with Gasteiger partial charge in [0.05, 0.1) is 0 Å². The fraction of sp³-hybridized carbons (Fsp3) is 0.500. The van der Waals surface area contributed by atoms with Crippen LogP contribution >= 0.6 is 0 Å². The van der Waals surface area contributed by atoms with Crippen molar-refractivity contribution in [2.45, 2.75) is 46.6 Å². The van der Waals surface area contributed by atoms with E-state index in [1.165, 1.54) is 0 Å². The normalized spacial score (nSPS) is 11.1. The first-order valence-electron chi connectivity index (χ1n) is 6.94. The van der Waals surface area contributed by atoms with Gasteiger partial charge in [0, 0.05) is 11.1 Å². The average molecular weight is 293 g/mol. The lowest BCUT2D eigenvalue weighted by molar-refractivity contribution is -0.139. The standard InChI is InChI=1S/C16H23NO4/c1-6-16(4,5)17-15(20)12-7-10(2)14(11(3)8-12)21-9-13(18)19/h7-8H,6,9H2,1-5H3,(H,17,20)(H,18,19). The Kier molecular flexibility index (Phi) is 5.35.